The molecule has 0 spiro atoms. The number of benzene rings is 1. The zero-order valence-corrected chi connectivity index (χ0v) is 12.7. The van der Waals surface area contributed by atoms with Crippen LogP contribution in [0.5, 0.6) is 0 Å². The maximum Gasteiger partial charge on any atom is 0.341 e. The molecule has 5 nitrogen and oxygen atoms in total. The predicted octanol–water partition coefficient (Wildman–Crippen LogP) is 2.38. The fourth-order valence-electron chi connectivity index (χ4n) is 1.46. The molecule has 1 unspecified atom stereocenters. The quantitative estimate of drug-likeness (QED) is 0.663. The number of rotatable bonds is 3. The van der Waals surface area contributed by atoms with Gasteiger partial charge in [0.2, 0.25) is 0 Å². The van der Waals surface area contributed by atoms with E-state index in [0.717, 1.165) is 0 Å². The van der Waals surface area contributed by atoms with Crippen LogP contribution in [0.1, 0.15) is 38.1 Å². The number of carbonyl (C=O) groups excluding carboxylic acids is 2. The Morgan fingerprint density at radius 2 is 1.95 bits per heavy atom. The van der Waals surface area contributed by atoms with Crippen LogP contribution in [0.4, 0.5) is 5.69 Å². The molecule has 0 heterocycles. The first kappa shape index (κ1) is 16.3. The van der Waals surface area contributed by atoms with Gasteiger partial charge >= 0.3 is 5.97 Å². The molecular weight excluding hydrogens is 280 g/mol. The van der Waals surface area contributed by atoms with Crippen molar-refractivity contribution in [1.82, 2.24) is 5.32 Å². The Hall–Kier alpha value is -1.75. The van der Waals surface area contributed by atoms with Crippen LogP contribution in [0, 0.1) is 0 Å². The minimum absolute atomic E-state index is 0.141. The number of hydrogen-bond donors (Lipinski definition) is 2. The summed E-state index contributed by atoms with van der Waals surface area (Å²) in [7, 11) is 0. The Kier molecular flexibility index (Phi) is 5.00. The lowest BCUT2D eigenvalue weighted by atomic mass is 10.1. The molecule has 0 aliphatic rings. The van der Waals surface area contributed by atoms with Crippen LogP contribution < -0.4 is 11.1 Å². The molecule has 3 N–H and O–H groups in total. The highest BCUT2D eigenvalue weighted by atomic mass is 35.5. The average molecular weight is 299 g/mol. The van der Waals surface area contributed by atoms with Gasteiger partial charge < -0.3 is 15.8 Å². The molecule has 1 aromatic carbocycles. The summed E-state index contributed by atoms with van der Waals surface area (Å²) in [5.41, 5.74) is 5.60. The lowest BCUT2D eigenvalue weighted by molar-refractivity contribution is -0.130. The van der Waals surface area contributed by atoms with Crippen LogP contribution in [0.2, 0.25) is 5.02 Å². The van der Waals surface area contributed by atoms with Crippen molar-refractivity contribution in [2.45, 2.75) is 39.3 Å². The van der Waals surface area contributed by atoms with Gasteiger partial charge in [0.25, 0.3) is 5.91 Å². The van der Waals surface area contributed by atoms with Gasteiger partial charge in [-0.2, -0.15) is 0 Å². The Bertz CT molecular complexity index is 524. The van der Waals surface area contributed by atoms with E-state index in [2.05, 4.69) is 5.32 Å². The Balaban J connectivity index is 2.76. The average Bonchev–Trinajstić information content (AvgIpc) is 2.30. The van der Waals surface area contributed by atoms with Gasteiger partial charge in [-0.1, -0.05) is 17.7 Å². The lowest BCUT2D eigenvalue weighted by Crippen LogP contribution is -2.46. The number of ether oxygens (including phenoxy) is 1. The highest BCUT2D eigenvalue weighted by Crippen LogP contribution is 2.23. The van der Waals surface area contributed by atoms with Crippen molar-refractivity contribution in [3.05, 3.63) is 28.8 Å². The van der Waals surface area contributed by atoms with E-state index < -0.39 is 17.6 Å². The third kappa shape index (κ3) is 4.42. The van der Waals surface area contributed by atoms with Gasteiger partial charge in [-0.05, 0) is 39.8 Å². The molecule has 110 valence electrons. The first-order chi connectivity index (χ1) is 9.11. The number of anilines is 1. The summed E-state index contributed by atoms with van der Waals surface area (Å²) in [5.74, 6) is -1.05. The van der Waals surface area contributed by atoms with Crippen molar-refractivity contribution in [1.29, 1.82) is 0 Å². The number of hydrogen-bond acceptors (Lipinski definition) is 4. The van der Waals surface area contributed by atoms with Crippen LogP contribution in [0.25, 0.3) is 0 Å². The molecule has 0 fully saturated rings. The predicted molar refractivity (Wildman–Crippen MR) is 78.6 cm³/mol. The van der Waals surface area contributed by atoms with Gasteiger partial charge in [0.1, 0.15) is 0 Å². The third-order valence-electron chi connectivity index (χ3n) is 2.42. The fourth-order valence-corrected chi connectivity index (χ4v) is 1.64. The number of carbonyl (C=O) groups is 2. The van der Waals surface area contributed by atoms with Crippen LogP contribution in [0.15, 0.2) is 18.2 Å². The Morgan fingerprint density at radius 3 is 2.50 bits per heavy atom. The summed E-state index contributed by atoms with van der Waals surface area (Å²) in [6.45, 7) is 7.02. The minimum Gasteiger partial charge on any atom is -0.449 e. The van der Waals surface area contributed by atoms with Crippen molar-refractivity contribution in [2.75, 3.05) is 5.73 Å². The standard InChI is InChI=1S/C14H19ClN2O3/c1-8(12(18)17-14(2,3)4)20-13(19)9-6-5-7-10(15)11(9)16/h5-8H,16H2,1-4H3,(H,17,18). The number of esters is 1. The highest BCUT2D eigenvalue weighted by molar-refractivity contribution is 6.33. The maximum atomic E-state index is 12.0. The van der Waals surface area contributed by atoms with Gasteiger partial charge in [0.05, 0.1) is 16.3 Å². The summed E-state index contributed by atoms with van der Waals surface area (Å²) in [5, 5.41) is 3.00. The summed E-state index contributed by atoms with van der Waals surface area (Å²) >= 11 is 5.83. The highest BCUT2D eigenvalue weighted by Gasteiger charge is 2.23. The third-order valence-corrected chi connectivity index (χ3v) is 2.75. The monoisotopic (exact) mass is 298 g/mol. The molecule has 1 aromatic rings. The van der Waals surface area contributed by atoms with E-state index in [1.54, 1.807) is 12.1 Å². The van der Waals surface area contributed by atoms with Crippen molar-refractivity contribution < 1.29 is 14.3 Å². The molecule has 0 aliphatic heterocycles. The molecule has 0 aliphatic carbocycles. The zero-order chi connectivity index (χ0) is 15.5. The molecule has 6 heteroatoms. The summed E-state index contributed by atoms with van der Waals surface area (Å²) < 4.78 is 5.09. The molecule has 0 radical (unpaired) electrons. The number of amides is 1. The topological polar surface area (TPSA) is 81.4 Å². The van der Waals surface area contributed by atoms with Crippen molar-refractivity contribution >= 4 is 29.2 Å². The molecular formula is C14H19ClN2O3. The van der Waals surface area contributed by atoms with Crippen molar-refractivity contribution in [3.8, 4) is 0 Å². The minimum atomic E-state index is -0.917. The van der Waals surface area contributed by atoms with Gasteiger partial charge in [-0.3, -0.25) is 4.79 Å². The van der Waals surface area contributed by atoms with E-state index in [9.17, 15) is 9.59 Å². The van der Waals surface area contributed by atoms with Crippen molar-refractivity contribution in [3.63, 3.8) is 0 Å². The number of para-hydroxylation sites is 1. The number of nitrogen functional groups attached to an aromatic ring is 1. The second-order valence-electron chi connectivity index (χ2n) is 5.49. The van der Waals surface area contributed by atoms with E-state index in [-0.39, 0.29) is 22.2 Å². The Labute approximate surface area is 123 Å². The van der Waals surface area contributed by atoms with Gasteiger partial charge in [0.15, 0.2) is 6.10 Å². The molecule has 1 rings (SSSR count). The second-order valence-corrected chi connectivity index (χ2v) is 5.90. The molecule has 0 aromatic heterocycles. The van der Waals surface area contributed by atoms with Crippen molar-refractivity contribution in [2.24, 2.45) is 0 Å². The van der Waals surface area contributed by atoms with E-state index in [1.807, 2.05) is 20.8 Å². The molecule has 0 bridgehead atoms. The van der Waals surface area contributed by atoms with Crippen LogP contribution in [0.3, 0.4) is 0 Å². The number of halogens is 1. The molecule has 20 heavy (non-hydrogen) atoms. The molecule has 0 saturated carbocycles. The largest absolute Gasteiger partial charge is 0.449 e. The van der Waals surface area contributed by atoms with E-state index in [4.69, 9.17) is 22.1 Å². The summed E-state index contributed by atoms with van der Waals surface area (Å²) in [4.78, 5) is 23.8. The van der Waals surface area contributed by atoms with Crippen LogP contribution in [-0.2, 0) is 9.53 Å². The molecule has 1 atom stereocenters. The molecule has 0 saturated heterocycles. The second kappa shape index (κ2) is 6.13. The normalized spacial score (nSPS) is 12.7. The van der Waals surface area contributed by atoms with E-state index >= 15 is 0 Å². The number of nitrogens with two attached hydrogens (primary N) is 1. The lowest BCUT2D eigenvalue weighted by Gasteiger charge is -2.23. The van der Waals surface area contributed by atoms with Crippen LogP contribution >= 0.6 is 11.6 Å². The SMILES string of the molecule is CC(OC(=O)c1cccc(Cl)c1N)C(=O)NC(C)(C)C. The summed E-state index contributed by atoms with van der Waals surface area (Å²) in [6, 6.07) is 4.66. The van der Waals surface area contributed by atoms with Gasteiger partial charge in [-0.15, -0.1) is 0 Å². The summed E-state index contributed by atoms with van der Waals surface area (Å²) in [6.07, 6.45) is -0.917. The van der Waals surface area contributed by atoms with E-state index in [0.29, 0.717) is 0 Å². The fraction of sp³-hybridized carbons (Fsp3) is 0.429. The zero-order valence-electron chi connectivity index (χ0n) is 12.0. The maximum absolute atomic E-state index is 12.0. The smallest absolute Gasteiger partial charge is 0.341 e. The van der Waals surface area contributed by atoms with Gasteiger partial charge in [0, 0.05) is 5.54 Å². The van der Waals surface area contributed by atoms with Gasteiger partial charge in [-0.25, -0.2) is 4.79 Å². The first-order valence-corrected chi connectivity index (χ1v) is 6.56. The van der Waals surface area contributed by atoms with E-state index in [1.165, 1.54) is 13.0 Å². The molecule has 1 amide bonds. The Morgan fingerprint density at radius 1 is 1.35 bits per heavy atom. The van der Waals surface area contributed by atoms with Crippen LogP contribution in [-0.4, -0.2) is 23.5 Å². The first-order valence-electron chi connectivity index (χ1n) is 6.19. The number of nitrogens with one attached hydrogen (secondary N) is 1.